The van der Waals surface area contributed by atoms with Crippen LogP contribution in [0, 0.1) is 5.92 Å². The lowest BCUT2D eigenvalue weighted by molar-refractivity contribution is 0.0676. The normalized spacial score (nSPS) is 22.0. The van der Waals surface area contributed by atoms with Gasteiger partial charge in [0.15, 0.2) is 0 Å². The summed E-state index contributed by atoms with van der Waals surface area (Å²) >= 11 is 5.85. The average molecular weight is 346 g/mol. The number of nitrogens with two attached hydrogens (primary N) is 1. The highest BCUT2D eigenvalue weighted by Gasteiger charge is 2.37. The van der Waals surface area contributed by atoms with Gasteiger partial charge in [-0.3, -0.25) is 4.57 Å². The Hall–Kier alpha value is -0.380. The largest absolute Gasteiger partial charge is 0.383 e. The van der Waals surface area contributed by atoms with Crippen LogP contribution in [-0.2, 0) is 10.2 Å². The third-order valence-corrected chi connectivity index (χ3v) is 6.85. The lowest BCUT2D eigenvalue weighted by atomic mass is 9.91. The van der Waals surface area contributed by atoms with Crippen molar-refractivity contribution in [2.75, 3.05) is 18.9 Å². The first-order valence-corrected chi connectivity index (χ1v) is 10.2. The average Bonchev–Trinajstić information content (AvgIpc) is 2.47. The summed E-state index contributed by atoms with van der Waals surface area (Å²) < 4.78 is 12.6. The van der Waals surface area contributed by atoms with E-state index in [4.69, 9.17) is 17.3 Å². The highest BCUT2D eigenvalue weighted by atomic mass is 35.5. The minimum atomic E-state index is -3.44. The van der Waals surface area contributed by atoms with Crippen molar-refractivity contribution < 1.29 is 14.6 Å². The molecule has 1 aromatic carbocycles. The fraction of sp³-hybridized carbons (Fsp3) is 0.625. The van der Waals surface area contributed by atoms with Crippen LogP contribution in [0.1, 0.15) is 37.7 Å². The topological polar surface area (TPSA) is 83.5 Å². The third kappa shape index (κ3) is 4.81. The van der Waals surface area contributed by atoms with Gasteiger partial charge in [-0.2, -0.15) is 0 Å². The van der Waals surface area contributed by atoms with Gasteiger partial charge < -0.3 is 15.7 Å². The molecular formula is C16H25ClNO3P. The fourth-order valence-corrected chi connectivity index (χ4v) is 5.84. The maximum absolute atomic E-state index is 12.6. The summed E-state index contributed by atoms with van der Waals surface area (Å²) in [6, 6.07) is 6.63. The van der Waals surface area contributed by atoms with Gasteiger partial charge in [0.25, 0.3) is 0 Å². The number of halogens is 1. The molecule has 1 aromatic rings. The van der Waals surface area contributed by atoms with Crippen LogP contribution in [0.15, 0.2) is 24.3 Å². The van der Waals surface area contributed by atoms with E-state index in [1.165, 1.54) is 6.42 Å². The fourth-order valence-electron chi connectivity index (χ4n) is 3.28. The second-order valence-corrected chi connectivity index (χ2v) is 9.24. The minimum absolute atomic E-state index is 0.0934. The molecule has 0 radical (unpaired) electrons. The summed E-state index contributed by atoms with van der Waals surface area (Å²) in [7, 11) is -3.44. The van der Waals surface area contributed by atoms with Crippen LogP contribution in [0.3, 0.4) is 0 Å². The summed E-state index contributed by atoms with van der Waals surface area (Å²) in [6.07, 6.45) is 5.56. The Morgan fingerprint density at radius 1 is 1.23 bits per heavy atom. The maximum atomic E-state index is 12.6. The van der Waals surface area contributed by atoms with Gasteiger partial charge in [-0.25, -0.2) is 0 Å². The predicted octanol–water partition coefficient (Wildman–Crippen LogP) is 3.34. The molecular weight excluding hydrogens is 321 g/mol. The lowest BCUT2D eigenvalue weighted by Gasteiger charge is -2.31. The summed E-state index contributed by atoms with van der Waals surface area (Å²) in [5.41, 5.74) is 4.76. The molecule has 124 valence electrons. The van der Waals surface area contributed by atoms with E-state index in [0.717, 1.165) is 25.7 Å². The van der Waals surface area contributed by atoms with Gasteiger partial charge >= 0.3 is 0 Å². The summed E-state index contributed by atoms with van der Waals surface area (Å²) in [4.78, 5) is 10.4. The van der Waals surface area contributed by atoms with Crippen molar-refractivity contribution in [3.63, 3.8) is 0 Å². The Balaban J connectivity index is 2.09. The second-order valence-electron chi connectivity index (χ2n) is 6.43. The number of rotatable bonds is 6. The van der Waals surface area contributed by atoms with E-state index >= 15 is 0 Å². The molecule has 0 saturated heterocycles. The SMILES string of the molecule is NCC(O)(CP(=O)(O)CC1CCCCC1)c1ccc(Cl)cc1. The molecule has 22 heavy (non-hydrogen) atoms. The Bertz CT molecular complexity index is 531. The van der Waals surface area contributed by atoms with Crippen LogP contribution in [0.2, 0.25) is 5.02 Å². The standard InChI is InChI=1S/C16H25ClNO3P/c17-15-8-6-14(7-9-15)16(19,11-18)12-22(20,21)10-13-4-2-1-3-5-13/h6-9,13,19H,1-5,10-12,18H2,(H,20,21). The van der Waals surface area contributed by atoms with Gasteiger partial charge in [-0.15, -0.1) is 0 Å². The zero-order chi connectivity index (χ0) is 16.2. The van der Waals surface area contributed by atoms with Crippen molar-refractivity contribution in [2.24, 2.45) is 11.7 Å². The van der Waals surface area contributed by atoms with E-state index < -0.39 is 13.0 Å². The van der Waals surface area contributed by atoms with Crippen LogP contribution < -0.4 is 5.73 Å². The second kappa shape index (κ2) is 7.46. The van der Waals surface area contributed by atoms with Gasteiger partial charge in [0.05, 0.1) is 6.16 Å². The van der Waals surface area contributed by atoms with Crippen molar-refractivity contribution in [1.29, 1.82) is 0 Å². The van der Waals surface area contributed by atoms with Gasteiger partial charge in [-0.05, 0) is 36.5 Å². The van der Waals surface area contributed by atoms with Crippen LogP contribution in [0.5, 0.6) is 0 Å². The van der Waals surface area contributed by atoms with E-state index in [2.05, 4.69) is 0 Å². The molecule has 4 N–H and O–H groups in total. The van der Waals surface area contributed by atoms with Gasteiger partial charge in [0.1, 0.15) is 5.60 Å². The number of hydrogen-bond acceptors (Lipinski definition) is 3. The summed E-state index contributed by atoms with van der Waals surface area (Å²) in [5, 5.41) is 11.3. The Labute approximate surface area is 137 Å². The first kappa shape index (κ1) is 18.0. The molecule has 0 bridgehead atoms. The van der Waals surface area contributed by atoms with Crippen LogP contribution in [-0.4, -0.2) is 28.9 Å². The smallest absolute Gasteiger partial charge is 0.204 e. The molecule has 2 unspecified atom stereocenters. The monoisotopic (exact) mass is 345 g/mol. The number of aliphatic hydroxyl groups is 1. The van der Waals surface area contributed by atoms with Crippen LogP contribution in [0.4, 0.5) is 0 Å². The Kier molecular flexibility index (Phi) is 6.09. The molecule has 0 amide bonds. The van der Waals surface area contributed by atoms with E-state index in [1.54, 1.807) is 24.3 Å². The molecule has 1 saturated carbocycles. The van der Waals surface area contributed by atoms with Gasteiger partial charge in [-0.1, -0.05) is 43.0 Å². The van der Waals surface area contributed by atoms with Crippen molar-refractivity contribution in [1.82, 2.24) is 0 Å². The predicted molar refractivity (Wildman–Crippen MR) is 90.5 cm³/mol. The molecule has 0 spiro atoms. The first-order chi connectivity index (χ1) is 10.3. The van der Waals surface area contributed by atoms with Crippen molar-refractivity contribution >= 4 is 19.0 Å². The highest BCUT2D eigenvalue weighted by Crippen LogP contribution is 2.49. The maximum Gasteiger partial charge on any atom is 0.204 e. The van der Waals surface area contributed by atoms with E-state index in [-0.39, 0.29) is 24.8 Å². The van der Waals surface area contributed by atoms with E-state index in [9.17, 15) is 14.6 Å². The first-order valence-electron chi connectivity index (χ1n) is 7.84. The molecule has 6 heteroatoms. The molecule has 1 aliphatic rings. The molecule has 2 atom stereocenters. The van der Waals surface area contributed by atoms with E-state index in [1.807, 2.05) is 0 Å². The molecule has 0 heterocycles. The molecule has 4 nitrogen and oxygen atoms in total. The zero-order valence-corrected chi connectivity index (χ0v) is 14.4. The van der Waals surface area contributed by atoms with Crippen molar-refractivity contribution in [3.8, 4) is 0 Å². The third-order valence-electron chi connectivity index (χ3n) is 4.50. The highest BCUT2D eigenvalue weighted by molar-refractivity contribution is 7.58. The molecule has 1 aliphatic carbocycles. The molecule has 2 rings (SSSR count). The lowest BCUT2D eigenvalue weighted by Crippen LogP contribution is -2.39. The molecule has 0 aliphatic heterocycles. The quantitative estimate of drug-likeness (QED) is 0.690. The molecule has 1 fully saturated rings. The number of hydrogen-bond donors (Lipinski definition) is 3. The van der Waals surface area contributed by atoms with Crippen molar-refractivity contribution in [3.05, 3.63) is 34.9 Å². The van der Waals surface area contributed by atoms with Crippen molar-refractivity contribution in [2.45, 2.75) is 37.7 Å². The Morgan fingerprint density at radius 3 is 2.36 bits per heavy atom. The van der Waals surface area contributed by atoms with Gasteiger partial charge in [0, 0.05) is 17.7 Å². The summed E-state index contributed by atoms with van der Waals surface area (Å²) in [6.45, 7) is -0.0934. The Morgan fingerprint density at radius 2 is 1.82 bits per heavy atom. The van der Waals surface area contributed by atoms with Crippen LogP contribution in [0.25, 0.3) is 0 Å². The number of benzene rings is 1. The van der Waals surface area contributed by atoms with Crippen LogP contribution >= 0.6 is 19.0 Å². The zero-order valence-electron chi connectivity index (χ0n) is 12.7. The minimum Gasteiger partial charge on any atom is -0.383 e. The van der Waals surface area contributed by atoms with E-state index in [0.29, 0.717) is 10.6 Å². The molecule has 0 aromatic heterocycles. The summed E-state index contributed by atoms with van der Waals surface area (Å²) in [5.74, 6) is 0.289. The van der Waals surface area contributed by atoms with Gasteiger partial charge in [0.2, 0.25) is 7.37 Å².